The highest BCUT2D eigenvalue weighted by Gasteiger charge is 2.20. The maximum Gasteiger partial charge on any atom is 0.0363 e. The van der Waals surface area contributed by atoms with Crippen LogP contribution in [-0.4, -0.2) is 19.1 Å². The maximum atomic E-state index is 3.82. The van der Waals surface area contributed by atoms with Crippen molar-refractivity contribution in [1.29, 1.82) is 0 Å². The van der Waals surface area contributed by atoms with E-state index < -0.39 is 0 Å². The minimum atomic E-state index is 0.392. The molecule has 0 saturated carbocycles. The lowest BCUT2D eigenvalue weighted by Gasteiger charge is -2.23. The molecule has 2 unspecified atom stereocenters. The molecule has 2 heteroatoms. The molecule has 1 saturated heterocycles. The summed E-state index contributed by atoms with van der Waals surface area (Å²) in [5.74, 6) is 0. The molecule has 0 aliphatic carbocycles. The minimum absolute atomic E-state index is 0.392. The van der Waals surface area contributed by atoms with Gasteiger partial charge in [0.1, 0.15) is 0 Å². The highest BCUT2D eigenvalue weighted by Crippen LogP contribution is 2.20. The molecule has 1 fully saturated rings. The Morgan fingerprint density at radius 3 is 2.35 bits per heavy atom. The third-order valence-electron chi connectivity index (χ3n) is 3.98. The first kappa shape index (κ1) is 13.3. The Balaban J connectivity index is 1.76. The van der Waals surface area contributed by atoms with Crippen molar-refractivity contribution in [3.05, 3.63) is 71.8 Å². The summed E-state index contributed by atoms with van der Waals surface area (Å²) in [5.41, 5.74) is 2.77. The average Bonchev–Trinajstić information content (AvgIpc) is 3.02. The van der Waals surface area contributed by atoms with E-state index in [1.807, 2.05) is 0 Å². The molecule has 2 atom stereocenters. The molecule has 104 valence electrons. The Morgan fingerprint density at radius 2 is 1.70 bits per heavy atom. The molecule has 2 nitrogen and oxygen atoms in total. The zero-order valence-electron chi connectivity index (χ0n) is 11.8. The maximum absolute atomic E-state index is 3.82. The van der Waals surface area contributed by atoms with Gasteiger partial charge < -0.3 is 10.6 Å². The standard InChI is InChI=1S/C18H22N2/c1-3-7-15(8-4-1)13-18(16-9-5-2-6-10-16)20-17-11-12-19-14-17/h1-10,17-20H,11-14H2. The molecule has 0 bridgehead atoms. The molecule has 2 aromatic carbocycles. The van der Waals surface area contributed by atoms with E-state index in [0.29, 0.717) is 12.1 Å². The van der Waals surface area contributed by atoms with Gasteiger partial charge >= 0.3 is 0 Å². The number of hydrogen-bond donors (Lipinski definition) is 2. The molecular weight excluding hydrogens is 244 g/mol. The predicted octanol–water partition coefficient (Wildman–Crippen LogP) is 2.92. The van der Waals surface area contributed by atoms with Gasteiger partial charge in [-0.1, -0.05) is 60.7 Å². The van der Waals surface area contributed by atoms with Crippen LogP contribution in [-0.2, 0) is 6.42 Å². The van der Waals surface area contributed by atoms with Crippen LogP contribution in [0.5, 0.6) is 0 Å². The average molecular weight is 266 g/mol. The Morgan fingerprint density at radius 1 is 1.00 bits per heavy atom. The van der Waals surface area contributed by atoms with E-state index in [0.717, 1.165) is 19.5 Å². The van der Waals surface area contributed by atoms with Crippen molar-refractivity contribution in [3.8, 4) is 0 Å². The molecule has 20 heavy (non-hydrogen) atoms. The van der Waals surface area contributed by atoms with Crippen molar-refractivity contribution in [3.63, 3.8) is 0 Å². The van der Waals surface area contributed by atoms with Gasteiger partial charge in [-0.2, -0.15) is 0 Å². The minimum Gasteiger partial charge on any atom is -0.315 e. The summed E-state index contributed by atoms with van der Waals surface area (Å²) in [7, 11) is 0. The Labute approximate surface area is 121 Å². The lowest BCUT2D eigenvalue weighted by molar-refractivity contribution is 0.451. The summed E-state index contributed by atoms with van der Waals surface area (Å²) in [5, 5.41) is 7.25. The van der Waals surface area contributed by atoms with Gasteiger partial charge in [0.25, 0.3) is 0 Å². The van der Waals surface area contributed by atoms with Crippen molar-refractivity contribution in [1.82, 2.24) is 10.6 Å². The van der Waals surface area contributed by atoms with Crippen LogP contribution in [0.25, 0.3) is 0 Å². The van der Waals surface area contributed by atoms with Crippen LogP contribution in [0.4, 0.5) is 0 Å². The van der Waals surface area contributed by atoms with E-state index in [2.05, 4.69) is 71.3 Å². The first-order valence-corrected chi connectivity index (χ1v) is 7.47. The second-order valence-electron chi connectivity index (χ2n) is 5.51. The summed E-state index contributed by atoms with van der Waals surface area (Å²) in [4.78, 5) is 0. The zero-order chi connectivity index (χ0) is 13.6. The molecule has 0 spiro atoms. The van der Waals surface area contributed by atoms with Gasteiger partial charge in [-0.3, -0.25) is 0 Å². The van der Waals surface area contributed by atoms with E-state index in [1.54, 1.807) is 0 Å². The summed E-state index contributed by atoms with van der Waals surface area (Å²) in [6.45, 7) is 2.21. The number of benzene rings is 2. The monoisotopic (exact) mass is 266 g/mol. The van der Waals surface area contributed by atoms with E-state index in [4.69, 9.17) is 0 Å². The molecular formula is C18H22N2. The van der Waals surface area contributed by atoms with Gasteiger partial charge in [0.2, 0.25) is 0 Å². The Bertz CT molecular complexity index is 503. The van der Waals surface area contributed by atoms with Crippen molar-refractivity contribution in [2.45, 2.75) is 24.9 Å². The van der Waals surface area contributed by atoms with Gasteiger partial charge in [0.05, 0.1) is 0 Å². The molecule has 2 N–H and O–H groups in total. The summed E-state index contributed by atoms with van der Waals surface area (Å²) in [6, 6.07) is 22.5. The highest BCUT2D eigenvalue weighted by atomic mass is 15.0. The molecule has 2 aromatic rings. The van der Waals surface area contributed by atoms with Gasteiger partial charge in [0.15, 0.2) is 0 Å². The number of rotatable bonds is 5. The van der Waals surface area contributed by atoms with Crippen LogP contribution < -0.4 is 10.6 Å². The van der Waals surface area contributed by atoms with Crippen molar-refractivity contribution >= 4 is 0 Å². The first-order valence-electron chi connectivity index (χ1n) is 7.47. The predicted molar refractivity (Wildman–Crippen MR) is 83.7 cm³/mol. The van der Waals surface area contributed by atoms with E-state index in [9.17, 15) is 0 Å². The quantitative estimate of drug-likeness (QED) is 0.869. The van der Waals surface area contributed by atoms with Gasteiger partial charge in [-0.15, -0.1) is 0 Å². The number of nitrogens with one attached hydrogen (secondary N) is 2. The van der Waals surface area contributed by atoms with Crippen LogP contribution in [0.2, 0.25) is 0 Å². The lowest BCUT2D eigenvalue weighted by atomic mass is 9.98. The fraction of sp³-hybridized carbons (Fsp3) is 0.333. The molecule has 1 aliphatic rings. The Hall–Kier alpha value is -1.64. The second kappa shape index (κ2) is 6.69. The first-order chi connectivity index (χ1) is 9.92. The van der Waals surface area contributed by atoms with Crippen LogP contribution in [0.15, 0.2) is 60.7 Å². The van der Waals surface area contributed by atoms with Crippen LogP contribution in [0.3, 0.4) is 0 Å². The van der Waals surface area contributed by atoms with E-state index >= 15 is 0 Å². The summed E-state index contributed by atoms with van der Waals surface area (Å²) < 4.78 is 0. The van der Waals surface area contributed by atoms with Gasteiger partial charge in [0, 0.05) is 18.6 Å². The van der Waals surface area contributed by atoms with Gasteiger partial charge in [-0.05, 0) is 30.5 Å². The third-order valence-corrected chi connectivity index (χ3v) is 3.98. The largest absolute Gasteiger partial charge is 0.315 e. The fourth-order valence-electron chi connectivity index (χ4n) is 2.89. The van der Waals surface area contributed by atoms with Crippen LogP contribution >= 0.6 is 0 Å². The fourth-order valence-corrected chi connectivity index (χ4v) is 2.89. The third kappa shape index (κ3) is 3.47. The molecule has 1 heterocycles. The van der Waals surface area contributed by atoms with Crippen molar-refractivity contribution in [2.75, 3.05) is 13.1 Å². The summed E-state index contributed by atoms with van der Waals surface area (Å²) >= 11 is 0. The second-order valence-corrected chi connectivity index (χ2v) is 5.51. The highest BCUT2D eigenvalue weighted by molar-refractivity contribution is 5.24. The van der Waals surface area contributed by atoms with Crippen molar-refractivity contribution in [2.24, 2.45) is 0 Å². The normalized spacial score (nSPS) is 19.9. The summed E-state index contributed by atoms with van der Waals surface area (Å²) in [6.07, 6.45) is 2.26. The Kier molecular flexibility index (Phi) is 4.46. The van der Waals surface area contributed by atoms with E-state index in [-0.39, 0.29) is 0 Å². The van der Waals surface area contributed by atoms with Crippen molar-refractivity contribution < 1.29 is 0 Å². The SMILES string of the molecule is c1ccc(CC(NC2CCNC2)c2ccccc2)cc1. The van der Waals surface area contributed by atoms with Crippen LogP contribution in [0, 0.1) is 0 Å². The molecule has 3 rings (SSSR count). The van der Waals surface area contributed by atoms with Crippen LogP contribution in [0.1, 0.15) is 23.6 Å². The molecule has 0 amide bonds. The van der Waals surface area contributed by atoms with Gasteiger partial charge in [-0.25, -0.2) is 0 Å². The molecule has 1 aliphatic heterocycles. The lowest BCUT2D eigenvalue weighted by Crippen LogP contribution is -2.35. The molecule has 0 aromatic heterocycles. The van der Waals surface area contributed by atoms with E-state index in [1.165, 1.54) is 17.5 Å². The number of hydrogen-bond acceptors (Lipinski definition) is 2. The zero-order valence-corrected chi connectivity index (χ0v) is 11.8. The molecule has 0 radical (unpaired) electrons. The smallest absolute Gasteiger partial charge is 0.0363 e. The topological polar surface area (TPSA) is 24.1 Å².